The third-order valence-electron chi connectivity index (χ3n) is 5.94. The summed E-state index contributed by atoms with van der Waals surface area (Å²) >= 11 is 0. The van der Waals surface area contributed by atoms with Gasteiger partial charge in [-0.25, -0.2) is 14.2 Å². The molecule has 5 rings (SSSR count). The molecule has 0 fully saturated rings. The van der Waals surface area contributed by atoms with Crippen LogP contribution in [0.25, 0.3) is 11.3 Å². The smallest absolute Gasteiger partial charge is 0.330 e. The Morgan fingerprint density at radius 1 is 0.892 bits per heavy atom. The Kier molecular flexibility index (Phi) is 6.67. The van der Waals surface area contributed by atoms with E-state index in [1.54, 1.807) is 23.2 Å². The van der Waals surface area contributed by atoms with Crippen molar-refractivity contribution in [3.8, 4) is 11.3 Å². The molecule has 0 aliphatic heterocycles. The van der Waals surface area contributed by atoms with Gasteiger partial charge < -0.3 is 15.1 Å². The van der Waals surface area contributed by atoms with Crippen molar-refractivity contribution in [3.63, 3.8) is 0 Å². The van der Waals surface area contributed by atoms with Gasteiger partial charge in [0.1, 0.15) is 17.3 Å². The number of hydrogen-bond donors (Lipinski definition) is 2. The second-order valence-corrected chi connectivity index (χ2v) is 8.53. The minimum atomic E-state index is -0.604. The molecule has 3 N–H and O–H groups in total. The molecule has 2 aromatic heterocycles. The zero-order chi connectivity index (χ0) is 25.8. The molecule has 3 aromatic carbocycles. The van der Waals surface area contributed by atoms with Crippen molar-refractivity contribution in [2.75, 3.05) is 10.6 Å². The quantitative estimate of drug-likeness (QED) is 0.333. The van der Waals surface area contributed by atoms with Crippen LogP contribution in [-0.4, -0.2) is 14.5 Å². The number of H-pyrrole nitrogens is 1. The predicted molar refractivity (Wildman–Crippen MR) is 140 cm³/mol. The minimum absolute atomic E-state index is 0.0406. The largest absolute Gasteiger partial charge is 0.439 e. The minimum Gasteiger partial charge on any atom is -0.439 e. The van der Waals surface area contributed by atoms with Crippen LogP contribution in [0.15, 0.2) is 105 Å². The van der Waals surface area contributed by atoms with E-state index in [-0.39, 0.29) is 30.4 Å². The fraction of sp³-hybridized carbons (Fsp3) is 0.107. The zero-order valence-corrected chi connectivity index (χ0v) is 19.8. The van der Waals surface area contributed by atoms with Crippen LogP contribution in [0.5, 0.6) is 0 Å². The number of anilines is 2. The summed E-state index contributed by atoms with van der Waals surface area (Å²) < 4.78 is 20.6. The van der Waals surface area contributed by atoms with Gasteiger partial charge in [0.05, 0.1) is 19.3 Å². The molecule has 9 heteroatoms. The lowest BCUT2D eigenvalue weighted by Crippen LogP contribution is -2.38. The Hall–Kier alpha value is -4.92. The van der Waals surface area contributed by atoms with Crippen molar-refractivity contribution in [2.24, 2.45) is 0 Å². The normalized spacial score (nSPS) is 10.9. The molecule has 8 nitrogen and oxygen atoms in total. The summed E-state index contributed by atoms with van der Waals surface area (Å²) in [4.78, 5) is 34.3. The van der Waals surface area contributed by atoms with Gasteiger partial charge in [-0.2, -0.15) is 0 Å². The third-order valence-corrected chi connectivity index (χ3v) is 5.94. The van der Waals surface area contributed by atoms with Crippen molar-refractivity contribution < 1.29 is 8.81 Å². The van der Waals surface area contributed by atoms with E-state index in [1.165, 1.54) is 16.7 Å². The van der Waals surface area contributed by atoms with E-state index in [9.17, 15) is 14.0 Å². The first-order valence-electron chi connectivity index (χ1n) is 11.6. The van der Waals surface area contributed by atoms with Crippen molar-refractivity contribution in [1.82, 2.24) is 14.5 Å². The van der Waals surface area contributed by atoms with Gasteiger partial charge in [0.2, 0.25) is 5.89 Å². The molecule has 186 valence electrons. The number of halogens is 1. The topological polar surface area (TPSA) is 110 Å². The summed E-state index contributed by atoms with van der Waals surface area (Å²) in [5.74, 6) is 0.483. The standard InChI is InChI=1S/C28H24FN5O3/c29-22-13-11-21(12-14-22)23-15-31-24(37-23)18-33(16-19-7-3-1-4-8-19)25-26(30)34(28(36)32-27(25)35)17-20-9-5-2-6-10-20/h1-15H,16-18,30H2,(H,32,35,36). The molecule has 0 saturated heterocycles. The summed E-state index contributed by atoms with van der Waals surface area (Å²) in [7, 11) is 0. The number of aromatic amines is 1. The fourth-order valence-corrected chi connectivity index (χ4v) is 4.12. The van der Waals surface area contributed by atoms with Crippen LogP contribution in [0.3, 0.4) is 0 Å². The summed E-state index contributed by atoms with van der Waals surface area (Å²) in [5, 5.41) is 0. The van der Waals surface area contributed by atoms with Gasteiger partial charge in [0, 0.05) is 12.1 Å². The van der Waals surface area contributed by atoms with Crippen molar-refractivity contribution in [3.05, 3.63) is 135 Å². The number of nitrogens with two attached hydrogens (primary N) is 1. The van der Waals surface area contributed by atoms with E-state index in [2.05, 4.69) is 9.97 Å². The predicted octanol–water partition coefficient (Wildman–Crippen LogP) is 4.17. The first-order valence-corrected chi connectivity index (χ1v) is 11.6. The number of oxazole rings is 1. The molecule has 2 heterocycles. The van der Waals surface area contributed by atoms with Gasteiger partial charge in [0.15, 0.2) is 5.76 Å². The van der Waals surface area contributed by atoms with Gasteiger partial charge in [-0.1, -0.05) is 60.7 Å². The van der Waals surface area contributed by atoms with Crippen LogP contribution in [0.4, 0.5) is 15.9 Å². The molecule has 0 aliphatic rings. The van der Waals surface area contributed by atoms with Crippen LogP contribution in [0.2, 0.25) is 0 Å². The van der Waals surface area contributed by atoms with E-state index < -0.39 is 11.2 Å². The number of nitrogens with zero attached hydrogens (tertiary/aromatic N) is 3. The van der Waals surface area contributed by atoms with Gasteiger partial charge in [-0.15, -0.1) is 0 Å². The van der Waals surface area contributed by atoms with Gasteiger partial charge >= 0.3 is 5.69 Å². The van der Waals surface area contributed by atoms with Crippen LogP contribution in [0, 0.1) is 5.82 Å². The Bertz CT molecular complexity index is 1610. The molecule has 0 spiro atoms. The molecule has 0 amide bonds. The van der Waals surface area contributed by atoms with E-state index in [0.29, 0.717) is 23.8 Å². The summed E-state index contributed by atoms with van der Waals surface area (Å²) in [6, 6.07) is 24.8. The maximum absolute atomic E-state index is 13.3. The molecule has 0 atom stereocenters. The highest BCUT2D eigenvalue weighted by Gasteiger charge is 2.22. The molecule has 0 unspecified atom stereocenters. The number of hydrogen-bond acceptors (Lipinski definition) is 6. The fourth-order valence-electron chi connectivity index (χ4n) is 4.12. The second kappa shape index (κ2) is 10.4. The number of nitrogen functional groups attached to an aromatic ring is 1. The Labute approximate surface area is 211 Å². The highest BCUT2D eigenvalue weighted by molar-refractivity contribution is 5.63. The van der Waals surface area contributed by atoms with Crippen molar-refractivity contribution >= 4 is 11.5 Å². The van der Waals surface area contributed by atoms with Crippen LogP contribution < -0.4 is 21.9 Å². The van der Waals surface area contributed by atoms with Crippen LogP contribution >= 0.6 is 0 Å². The number of aromatic nitrogens is 3. The molecule has 0 saturated carbocycles. The highest BCUT2D eigenvalue weighted by atomic mass is 19.1. The maximum Gasteiger partial charge on any atom is 0.330 e. The molecule has 37 heavy (non-hydrogen) atoms. The van der Waals surface area contributed by atoms with E-state index in [4.69, 9.17) is 10.2 Å². The van der Waals surface area contributed by atoms with Crippen molar-refractivity contribution in [1.29, 1.82) is 0 Å². The average Bonchev–Trinajstić information content (AvgIpc) is 3.36. The average molecular weight is 498 g/mol. The first kappa shape index (κ1) is 23.8. The molecule has 0 bridgehead atoms. The maximum atomic E-state index is 13.3. The summed E-state index contributed by atoms with van der Waals surface area (Å²) in [6.45, 7) is 0.612. The lowest BCUT2D eigenvalue weighted by Gasteiger charge is -2.25. The molecule has 5 aromatic rings. The number of rotatable bonds is 8. The van der Waals surface area contributed by atoms with Crippen LogP contribution in [-0.2, 0) is 19.6 Å². The summed E-state index contributed by atoms with van der Waals surface area (Å²) in [5.41, 5.74) is 7.86. The van der Waals surface area contributed by atoms with E-state index in [0.717, 1.165) is 11.1 Å². The monoisotopic (exact) mass is 497 g/mol. The van der Waals surface area contributed by atoms with Gasteiger partial charge in [-0.3, -0.25) is 14.3 Å². The zero-order valence-electron chi connectivity index (χ0n) is 19.8. The first-order chi connectivity index (χ1) is 18.0. The van der Waals surface area contributed by atoms with Gasteiger partial charge in [0.25, 0.3) is 5.56 Å². The molecular formula is C28H24FN5O3. The number of nitrogens with one attached hydrogen (secondary N) is 1. The molecular weight excluding hydrogens is 473 g/mol. The second-order valence-electron chi connectivity index (χ2n) is 8.53. The Morgan fingerprint density at radius 2 is 1.54 bits per heavy atom. The Balaban J connectivity index is 1.53. The van der Waals surface area contributed by atoms with E-state index >= 15 is 0 Å². The van der Waals surface area contributed by atoms with Crippen LogP contribution in [0.1, 0.15) is 17.0 Å². The number of benzene rings is 3. The summed E-state index contributed by atoms with van der Waals surface area (Å²) in [6.07, 6.45) is 1.55. The molecule has 0 aliphatic carbocycles. The Morgan fingerprint density at radius 3 is 2.22 bits per heavy atom. The van der Waals surface area contributed by atoms with Crippen molar-refractivity contribution in [2.45, 2.75) is 19.6 Å². The lowest BCUT2D eigenvalue weighted by molar-refractivity contribution is 0.497. The SMILES string of the molecule is Nc1c(N(Cc2ccccc2)Cc2ncc(-c3ccc(F)cc3)o2)c(=O)[nH]c(=O)n1Cc1ccccc1. The molecule has 0 radical (unpaired) electrons. The highest BCUT2D eigenvalue weighted by Crippen LogP contribution is 2.25. The van der Waals surface area contributed by atoms with E-state index in [1.807, 2.05) is 60.7 Å². The third kappa shape index (κ3) is 5.35. The van der Waals surface area contributed by atoms with Gasteiger partial charge in [-0.05, 0) is 35.4 Å². The lowest BCUT2D eigenvalue weighted by atomic mass is 10.2.